The van der Waals surface area contributed by atoms with Crippen LogP contribution in [0.2, 0.25) is 0 Å². The summed E-state index contributed by atoms with van der Waals surface area (Å²) in [4.78, 5) is 21.0. The van der Waals surface area contributed by atoms with E-state index in [1.165, 1.54) is 11.3 Å². The lowest BCUT2D eigenvalue weighted by Crippen LogP contribution is -2.49. The van der Waals surface area contributed by atoms with E-state index in [9.17, 15) is 4.79 Å². The molecule has 6 nitrogen and oxygen atoms in total. The third kappa shape index (κ3) is 3.04. The maximum absolute atomic E-state index is 12.1. The molecule has 2 atom stereocenters. The molecule has 0 aliphatic carbocycles. The van der Waals surface area contributed by atoms with E-state index in [0.29, 0.717) is 18.5 Å². The van der Waals surface area contributed by atoms with Crippen LogP contribution in [-0.4, -0.2) is 54.6 Å². The first-order valence-electron chi connectivity index (χ1n) is 9.74. The van der Waals surface area contributed by atoms with Crippen molar-refractivity contribution in [3.05, 3.63) is 48.3 Å². The monoisotopic (exact) mass is 364 g/mol. The first kappa shape index (κ1) is 16.6. The molecule has 6 heteroatoms. The van der Waals surface area contributed by atoms with Crippen molar-refractivity contribution in [1.29, 1.82) is 0 Å². The van der Waals surface area contributed by atoms with Crippen molar-refractivity contribution in [2.24, 2.45) is 0 Å². The summed E-state index contributed by atoms with van der Waals surface area (Å²) in [5.41, 5.74) is 3.64. The second-order valence-electron chi connectivity index (χ2n) is 7.57. The number of carbonyl (C=O) groups excluding carboxylic acids is 1. The fourth-order valence-electron chi connectivity index (χ4n) is 4.79. The number of likely N-dealkylation sites (tertiary alicyclic amines) is 1. The maximum Gasteiger partial charge on any atom is 0.243 e. The number of nitrogens with one attached hydrogen (secondary N) is 1. The van der Waals surface area contributed by atoms with E-state index in [1.54, 1.807) is 12.4 Å². The Morgan fingerprint density at radius 3 is 3.00 bits per heavy atom. The number of benzene rings is 1. The second-order valence-corrected chi connectivity index (χ2v) is 7.57. The topological polar surface area (TPSA) is 57.7 Å². The standard InChI is InChI=1S/C21H24N4O2/c26-20-14-25-19-7-11-24(10-2-12-27-15-5-8-22-9-6-15)13-17(19)16-3-1-4-18(23-20)21(16)25/h1,3-6,8-9,17,19H,2,7,10-14H2,(H,23,26)/t17-,19-/m0/s1. The highest BCUT2D eigenvalue weighted by atomic mass is 16.5. The van der Waals surface area contributed by atoms with Crippen molar-refractivity contribution in [3.63, 3.8) is 0 Å². The molecule has 140 valence electrons. The van der Waals surface area contributed by atoms with Gasteiger partial charge in [0.05, 0.1) is 24.5 Å². The van der Waals surface area contributed by atoms with Crippen LogP contribution >= 0.6 is 0 Å². The molecule has 27 heavy (non-hydrogen) atoms. The number of hydrogen-bond acceptors (Lipinski definition) is 5. The lowest BCUT2D eigenvalue weighted by molar-refractivity contribution is -0.115. The summed E-state index contributed by atoms with van der Waals surface area (Å²) < 4.78 is 5.79. The van der Waals surface area contributed by atoms with Gasteiger partial charge in [0.15, 0.2) is 0 Å². The van der Waals surface area contributed by atoms with Gasteiger partial charge in [0.2, 0.25) is 5.91 Å². The molecule has 3 aliphatic rings. The van der Waals surface area contributed by atoms with E-state index in [2.05, 4.69) is 32.2 Å². The van der Waals surface area contributed by atoms with Gasteiger partial charge in [0, 0.05) is 44.0 Å². The predicted octanol–water partition coefficient (Wildman–Crippen LogP) is 2.48. The molecule has 0 saturated carbocycles. The smallest absolute Gasteiger partial charge is 0.243 e. The highest BCUT2D eigenvalue weighted by molar-refractivity contribution is 6.03. The largest absolute Gasteiger partial charge is 0.493 e. The number of amides is 1. The van der Waals surface area contributed by atoms with Gasteiger partial charge < -0.3 is 19.9 Å². The third-order valence-electron chi connectivity index (χ3n) is 5.94. The number of nitrogens with zero attached hydrogens (tertiary/aromatic N) is 3. The Morgan fingerprint density at radius 2 is 2.11 bits per heavy atom. The average molecular weight is 364 g/mol. The summed E-state index contributed by atoms with van der Waals surface area (Å²) >= 11 is 0. The number of para-hydroxylation sites is 1. The third-order valence-corrected chi connectivity index (χ3v) is 5.94. The van der Waals surface area contributed by atoms with Crippen molar-refractivity contribution >= 4 is 17.3 Å². The first-order chi connectivity index (χ1) is 13.3. The lowest BCUT2D eigenvalue weighted by Gasteiger charge is -2.39. The van der Waals surface area contributed by atoms with E-state index in [0.717, 1.165) is 50.5 Å². The Balaban J connectivity index is 1.22. The number of piperidine rings is 1. The molecule has 1 fully saturated rings. The van der Waals surface area contributed by atoms with Crippen LogP contribution in [0.4, 0.5) is 11.4 Å². The molecule has 1 aromatic heterocycles. The summed E-state index contributed by atoms with van der Waals surface area (Å²) in [7, 11) is 0. The van der Waals surface area contributed by atoms with Crippen molar-refractivity contribution in [1.82, 2.24) is 9.88 Å². The van der Waals surface area contributed by atoms with E-state index in [-0.39, 0.29) is 5.91 Å². The molecule has 1 N–H and O–H groups in total. The van der Waals surface area contributed by atoms with Crippen molar-refractivity contribution in [2.75, 3.05) is 43.0 Å². The second kappa shape index (κ2) is 6.85. The fraction of sp³-hybridized carbons (Fsp3) is 0.429. The Bertz CT molecular complexity index is 841. The molecule has 4 heterocycles. The number of rotatable bonds is 5. The fourth-order valence-corrected chi connectivity index (χ4v) is 4.79. The highest BCUT2D eigenvalue weighted by Gasteiger charge is 2.44. The van der Waals surface area contributed by atoms with Gasteiger partial charge in [-0.2, -0.15) is 0 Å². The minimum Gasteiger partial charge on any atom is -0.493 e. The molecule has 2 aromatic rings. The van der Waals surface area contributed by atoms with Crippen LogP contribution in [0, 0.1) is 0 Å². The molecular weight excluding hydrogens is 340 g/mol. The van der Waals surface area contributed by atoms with E-state index in [4.69, 9.17) is 4.74 Å². The molecule has 5 rings (SSSR count). The molecule has 0 radical (unpaired) electrons. The molecule has 0 bridgehead atoms. The zero-order valence-corrected chi connectivity index (χ0v) is 15.3. The summed E-state index contributed by atoms with van der Waals surface area (Å²) in [6, 6.07) is 10.6. The van der Waals surface area contributed by atoms with Gasteiger partial charge >= 0.3 is 0 Å². The molecule has 1 aromatic carbocycles. The van der Waals surface area contributed by atoms with Crippen LogP contribution in [0.25, 0.3) is 0 Å². The number of aromatic nitrogens is 1. The number of anilines is 2. The molecule has 1 amide bonds. The Hall–Kier alpha value is -2.60. The number of carbonyl (C=O) groups is 1. The minimum absolute atomic E-state index is 0.107. The SMILES string of the molecule is O=C1CN2c3c(cccc3[C@@H]3CN(CCCOc4ccncc4)CC[C@@H]32)N1. The first-order valence-corrected chi connectivity index (χ1v) is 9.74. The van der Waals surface area contributed by atoms with Crippen LogP contribution in [0.1, 0.15) is 24.3 Å². The number of fused-ring (bicyclic) bond motifs is 3. The summed E-state index contributed by atoms with van der Waals surface area (Å²) in [5, 5.41) is 3.03. The van der Waals surface area contributed by atoms with Gasteiger partial charge in [0.25, 0.3) is 0 Å². The lowest BCUT2D eigenvalue weighted by atomic mass is 9.89. The predicted molar refractivity (Wildman–Crippen MR) is 104 cm³/mol. The average Bonchev–Trinajstić information content (AvgIpc) is 3.01. The van der Waals surface area contributed by atoms with E-state index < -0.39 is 0 Å². The maximum atomic E-state index is 12.1. The minimum atomic E-state index is 0.107. The quantitative estimate of drug-likeness (QED) is 0.826. The Kier molecular flexibility index (Phi) is 4.20. The van der Waals surface area contributed by atoms with Crippen LogP contribution in [0.15, 0.2) is 42.7 Å². The molecule has 0 spiro atoms. The summed E-state index contributed by atoms with van der Waals surface area (Å²) in [5.74, 6) is 1.48. The number of ether oxygens (including phenoxy) is 1. The number of hydrogen-bond donors (Lipinski definition) is 1. The van der Waals surface area contributed by atoms with Gasteiger partial charge in [-0.15, -0.1) is 0 Å². The Morgan fingerprint density at radius 1 is 1.22 bits per heavy atom. The molecular formula is C21H24N4O2. The van der Waals surface area contributed by atoms with Gasteiger partial charge in [-0.25, -0.2) is 0 Å². The van der Waals surface area contributed by atoms with Crippen molar-refractivity contribution < 1.29 is 9.53 Å². The molecule has 0 unspecified atom stereocenters. The normalized spacial score (nSPS) is 23.6. The van der Waals surface area contributed by atoms with Gasteiger partial charge in [-0.05, 0) is 36.6 Å². The molecule has 3 aliphatic heterocycles. The van der Waals surface area contributed by atoms with Gasteiger partial charge in [-0.3, -0.25) is 9.78 Å². The summed E-state index contributed by atoms with van der Waals surface area (Å²) in [6.45, 7) is 4.39. The van der Waals surface area contributed by atoms with Gasteiger partial charge in [0.1, 0.15) is 5.75 Å². The molecule has 1 saturated heterocycles. The van der Waals surface area contributed by atoms with Crippen molar-refractivity contribution in [3.8, 4) is 5.75 Å². The van der Waals surface area contributed by atoms with Crippen molar-refractivity contribution in [2.45, 2.75) is 24.8 Å². The van der Waals surface area contributed by atoms with Gasteiger partial charge in [-0.1, -0.05) is 12.1 Å². The van der Waals surface area contributed by atoms with Crippen LogP contribution in [-0.2, 0) is 4.79 Å². The van der Waals surface area contributed by atoms with E-state index in [1.807, 2.05) is 18.2 Å². The zero-order chi connectivity index (χ0) is 18.2. The number of pyridine rings is 1. The Labute approximate surface area is 159 Å². The van der Waals surface area contributed by atoms with E-state index >= 15 is 0 Å². The zero-order valence-electron chi connectivity index (χ0n) is 15.3. The van der Waals surface area contributed by atoms with Crippen LogP contribution < -0.4 is 15.0 Å². The van der Waals surface area contributed by atoms with Crippen LogP contribution in [0.5, 0.6) is 5.75 Å². The highest BCUT2D eigenvalue weighted by Crippen LogP contribution is 2.49. The summed E-state index contributed by atoms with van der Waals surface area (Å²) in [6.07, 6.45) is 5.63. The van der Waals surface area contributed by atoms with Crippen LogP contribution in [0.3, 0.4) is 0 Å².